The number of rotatable bonds is 3. The van der Waals surface area contributed by atoms with Crippen molar-refractivity contribution in [2.45, 2.75) is 32.2 Å². The maximum Gasteiger partial charge on any atom is 0.116 e. The SMILES string of the molecule is CCC1CC(Nc2ccsc2Cl)C1. The molecule has 1 aliphatic rings. The summed E-state index contributed by atoms with van der Waals surface area (Å²) in [6.45, 7) is 2.26. The van der Waals surface area contributed by atoms with E-state index < -0.39 is 0 Å². The number of halogens is 1. The van der Waals surface area contributed by atoms with E-state index in [2.05, 4.69) is 18.3 Å². The van der Waals surface area contributed by atoms with Crippen molar-refractivity contribution < 1.29 is 0 Å². The summed E-state index contributed by atoms with van der Waals surface area (Å²) >= 11 is 7.58. The van der Waals surface area contributed by atoms with Crippen LogP contribution in [0, 0.1) is 5.92 Å². The van der Waals surface area contributed by atoms with Gasteiger partial charge >= 0.3 is 0 Å². The van der Waals surface area contributed by atoms with E-state index in [0.717, 1.165) is 15.9 Å². The fourth-order valence-corrected chi connectivity index (χ4v) is 2.65. The molecule has 0 aromatic carbocycles. The van der Waals surface area contributed by atoms with Crippen molar-refractivity contribution in [3.05, 3.63) is 15.8 Å². The van der Waals surface area contributed by atoms with Crippen LogP contribution in [-0.2, 0) is 0 Å². The first-order chi connectivity index (χ1) is 6.29. The van der Waals surface area contributed by atoms with Crippen LogP contribution in [0.25, 0.3) is 0 Å². The second-order valence-corrected chi connectivity index (χ2v) is 5.21. The van der Waals surface area contributed by atoms with Gasteiger partial charge in [0, 0.05) is 6.04 Å². The molecule has 1 fully saturated rings. The zero-order chi connectivity index (χ0) is 9.26. The minimum absolute atomic E-state index is 0.664. The third-order valence-corrected chi connectivity index (χ3v) is 3.96. The fraction of sp³-hybridized carbons (Fsp3) is 0.600. The molecule has 0 bridgehead atoms. The molecule has 0 unspecified atom stereocenters. The molecular weight excluding hydrogens is 202 g/mol. The lowest BCUT2D eigenvalue weighted by Crippen LogP contribution is -2.34. The highest BCUT2D eigenvalue weighted by molar-refractivity contribution is 7.15. The minimum Gasteiger partial charge on any atom is -0.380 e. The standard InChI is InChI=1S/C10H14ClNS/c1-2-7-5-8(6-7)12-9-3-4-13-10(9)11/h3-4,7-8,12H,2,5-6H2,1H3. The highest BCUT2D eigenvalue weighted by Crippen LogP contribution is 2.35. The van der Waals surface area contributed by atoms with Crippen molar-refractivity contribution in [3.8, 4) is 0 Å². The van der Waals surface area contributed by atoms with Crippen LogP contribution < -0.4 is 5.32 Å². The third kappa shape index (κ3) is 2.00. The maximum absolute atomic E-state index is 5.99. The van der Waals surface area contributed by atoms with Crippen molar-refractivity contribution in [2.24, 2.45) is 5.92 Å². The summed E-state index contributed by atoms with van der Waals surface area (Å²) in [5.74, 6) is 0.940. The largest absolute Gasteiger partial charge is 0.380 e. The van der Waals surface area contributed by atoms with Crippen LogP contribution in [0.1, 0.15) is 26.2 Å². The highest BCUT2D eigenvalue weighted by Gasteiger charge is 2.27. The first-order valence-corrected chi connectivity index (χ1v) is 6.05. The van der Waals surface area contributed by atoms with E-state index in [-0.39, 0.29) is 0 Å². The van der Waals surface area contributed by atoms with Gasteiger partial charge in [0.1, 0.15) is 4.34 Å². The molecule has 1 aromatic rings. The maximum atomic E-state index is 5.99. The van der Waals surface area contributed by atoms with Crippen molar-refractivity contribution in [2.75, 3.05) is 5.32 Å². The van der Waals surface area contributed by atoms with Gasteiger partial charge in [-0.2, -0.15) is 0 Å². The first-order valence-electron chi connectivity index (χ1n) is 4.79. The Morgan fingerprint density at radius 2 is 2.38 bits per heavy atom. The Balaban J connectivity index is 1.84. The van der Waals surface area contributed by atoms with Gasteiger partial charge < -0.3 is 5.32 Å². The van der Waals surface area contributed by atoms with Crippen LogP contribution in [0.2, 0.25) is 4.34 Å². The normalized spacial score (nSPS) is 26.9. The quantitative estimate of drug-likeness (QED) is 0.804. The van der Waals surface area contributed by atoms with E-state index in [9.17, 15) is 0 Å². The van der Waals surface area contributed by atoms with Crippen molar-refractivity contribution in [1.82, 2.24) is 0 Å². The van der Waals surface area contributed by atoms with Crippen LogP contribution in [0.3, 0.4) is 0 Å². The van der Waals surface area contributed by atoms with Gasteiger partial charge in [-0.3, -0.25) is 0 Å². The lowest BCUT2D eigenvalue weighted by atomic mass is 9.78. The van der Waals surface area contributed by atoms with Gasteiger partial charge in [0.05, 0.1) is 5.69 Å². The first kappa shape index (κ1) is 9.35. The molecule has 0 saturated heterocycles. The van der Waals surface area contributed by atoms with Crippen LogP contribution in [0.15, 0.2) is 11.4 Å². The molecule has 1 N–H and O–H groups in total. The van der Waals surface area contributed by atoms with Crippen LogP contribution in [-0.4, -0.2) is 6.04 Å². The molecule has 0 amide bonds. The van der Waals surface area contributed by atoms with Gasteiger partial charge in [-0.25, -0.2) is 0 Å². The van der Waals surface area contributed by atoms with E-state index in [1.54, 1.807) is 11.3 Å². The lowest BCUT2D eigenvalue weighted by Gasteiger charge is -2.35. The second kappa shape index (κ2) is 3.89. The average molecular weight is 216 g/mol. The molecule has 3 heteroatoms. The average Bonchev–Trinajstić information content (AvgIpc) is 2.43. The van der Waals surface area contributed by atoms with Crippen molar-refractivity contribution in [3.63, 3.8) is 0 Å². The number of hydrogen-bond acceptors (Lipinski definition) is 2. The van der Waals surface area contributed by atoms with Gasteiger partial charge in [0.2, 0.25) is 0 Å². The molecule has 1 heterocycles. The van der Waals surface area contributed by atoms with Crippen molar-refractivity contribution in [1.29, 1.82) is 0 Å². The fourth-order valence-electron chi connectivity index (χ4n) is 1.80. The number of anilines is 1. The Bertz CT molecular complexity index is 278. The van der Waals surface area contributed by atoms with E-state index in [0.29, 0.717) is 6.04 Å². The molecule has 1 saturated carbocycles. The number of thiophene rings is 1. The van der Waals surface area contributed by atoms with Gasteiger partial charge in [-0.15, -0.1) is 11.3 Å². The smallest absolute Gasteiger partial charge is 0.116 e. The predicted octanol–water partition coefficient (Wildman–Crippen LogP) is 4.00. The molecule has 72 valence electrons. The Kier molecular flexibility index (Phi) is 2.80. The summed E-state index contributed by atoms with van der Waals surface area (Å²) in [6, 6.07) is 2.73. The number of nitrogens with one attached hydrogen (secondary N) is 1. The van der Waals surface area contributed by atoms with E-state index in [1.165, 1.54) is 19.3 Å². The van der Waals surface area contributed by atoms with Crippen LogP contribution in [0.5, 0.6) is 0 Å². The lowest BCUT2D eigenvalue weighted by molar-refractivity contribution is 0.275. The molecule has 0 atom stereocenters. The summed E-state index contributed by atoms with van der Waals surface area (Å²) in [7, 11) is 0. The summed E-state index contributed by atoms with van der Waals surface area (Å²) < 4.78 is 0.889. The molecule has 1 nitrogen and oxygen atoms in total. The summed E-state index contributed by atoms with van der Waals surface area (Å²) in [6.07, 6.45) is 3.93. The van der Waals surface area contributed by atoms with Gasteiger partial charge in [-0.1, -0.05) is 24.9 Å². The topological polar surface area (TPSA) is 12.0 Å². The van der Waals surface area contributed by atoms with E-state index in [4.69, 9.17) is 11.6 Å². The van der Waals surface area contributed by atoms with Gasteiger partial charge in [0.25, 0.3) is 0 Å². The second-order valence-electron chi connectivity index (χ2n) is 3.69. The molecular formula is C10H14ClNS. The predicted molar refractivity (Wildman–Crippen MR) is 59.8 cm³/mol. The van der Waals surface area contributed by atoms with Crippen molar-refractivity contribution >= 4 is 28.6 Å². The van der Waals surface area contributed by atoms with E-state index in [1.807, 2.05) is 5.38 Å². The monoisotopic (exact) mass is 215 g/mol. The van der Waals surface area contributed by atoms with Crippen LogP contribution >= 0.6 is 22.9 Å². The molecule has 13 heavy (non-hydrogen) atoms. The van der Waals surface area contributed by atoms with Gasteiger partial charge in [0.15, 0.2) is 0 Å². The summed E-state index contributed by atoms with van der Waals surface area (Å²) in [5, 5.41) is 5.50. The zero-order valence-corrected chi connectivity index (χ0v) is 9.29. The summed E-state index contributed by atoms with van der Waals surface area (Å²) in [4.78, 5) is 0. The van der Waals surface area contributed by atoms with Crippen LogP contribution in [0.4, 0.5) is 5.69 Å². The Labute approximate surface area is 88.1 Å². The third-order valence-electron chi connectivity index (χ3n) is 2.79. The zero-order valence-electron chi connectivity index (χ0n) is 7.72. The molecule has 2 rings (SSSR count). The molecule has 0 radical (unpaired) electrons. The van der Waals surface area contributed by atoms with E-state index >= 15 is 0 Å². The Morgan fingerprint density at radius 3 is 2.92 bits per heavy atom. The number of hydrogen-bond donors (Lipinski definition) is 1. The molecule has 0 aliphatic heterocycles. The molecule has 1 aromatic heterocycles. The molecule has 1 aliphatic carbocycles. The minimum atomic E-state index is 0.664. The highest BCUT2D eigenvalue weighted by atomic mass is 35.5. The molecule has 0 spiro atoms. The summed E-state index contributed by atoms with van der Waals surface area (Å²) in [5.41, 5.74) is 1.12. The Morgan fingerprint density at radius 1 is 1.62 bits per heavy atom. The Hall–Kier alpha value is -0.210. The van der Waals surface area contributed by atoms with Gasteiger partial charge in [-0.05, 0) is 30.2 Å².